The summed E-state index contributed by atoms with van der Waals surface area (Å²) in [6.45, 7) is 1.94. The minimum atomic E-state index is -0.407. The molecule has 3 N–H and O–H groups in total. The molecule has 3 unspecified atom stereocenters. The molecule has 4 aliphatic heterocycles. The van der Waals surface area contributed by atoms with Crippen LogP contribution in [0.3, 0.4) is 0 Å². The Kier molecular flexibility index (Phi) is 3.33. The maximum atomic E-state index is 12.2. The number of aromatic nitrogens is 1. The SMILES string of the molecule is NC(=O)c1ccc(-c2nccs2)c2c1N(C1CC1)C(N1CC3CC(C1)N3)O2. The predicted octanol–water partition coefficient (Wildman–Crippen LogP) is 1.60. The van der Waals surface area contributed by atoms with Crippen molar-refractivity contribution in [1.29, 1.82) is 0 Å². The Morgan fingerprint density at radius 2 is 2.07 bits per heavy atom. The van der Waals surface area contributed by atoms with Crippen molar-refractivity contribution in [2.75, 3.05) is 18.0 Å². The molecule has 1 aromatic carbocycles. The zero-order chi connectivity index (χ0) is 18.1. The first-order chi connectivity index (χ1) is 13.2. The van der Waals surface area contributed by atoms with Crippen molar-refractivity contribution in [2.45, 2.75) is 43.7 Å². The smallest absolute Gasteiger partial charge is 0.250 e. The van der Waals surface area contributed by atoms with Crippen LogP contribution in [-0.4, -0.2) is 53.4 Å². The molecule has 4 fully saturated rings. The quantitative estimate of drug-likeness (QED) is 0.834. The van der Waals surface area contributed by atoms with Crippen molar-refractivity contribution in [3.05, 3.63) is 29.3 Å². The van der Waals surface area contributed by atoms with Crippen LogP contribution in [0.5, 0.6) is 5.75 Å². The number of primary amides is 1. The van der Waals surface area contributed by atoms with Gasteiger partial charge in [-0.15, -0.1) is 11.3 Å². The van der Waals surface area contributed by atoms with Gasteiger partial charge in [0.2, 0.25) is 6.35 Å². The van der Waals surface area contributed by atoms with Crippen LogP contribution in [0, 0.1) is 0 Å². The average molecular weight is 383 g/mol. The van der Waals surface area contributed by atoms with Crippen molar-refractivity contribution < 1.29 is 9.53 Å². The number of ether oxygens (including phenoxy) is 1. The summed E-state index contributed by atoms with van der Waals surface area (Å²) in [5, 5.41) is 6.44. The fourth-order valence-electron chi connectivity index (χ4n) is 4.64. The van der Waals surface area contributed by atoms with Crippen LogP contribution >= 0.6 is 11.3 Å². The molecule has 140 valence electrons. The van der Waals surface area contributed by atoms with Crippen molar-refractivity contribution >= 4 is 22.9 Å². The van der Waals surface area contributed by atoms with Gasteiger partial charge in [0, 0.05) is 42.8 Å². The zero-order valence-corrected chi connectivity index (χ0v) is 15.6. The van der Waals surface area contributed by atoms with Crippen LogP contribution < -0.4 is 20.7 Å². The molecule has 7 rings (SSSR count). The summed E-state index contributed by atoms with van der Waals surface area (Å²) < 4.78 is 6.56. The van der Waals surface area contributed by atoms with Crippen molar-refractivity contribution in [2.24, 2.45) is 5.73 Å². The van der Waals surface area contributed by atoms with Gasteiger partial charge in [0.05, 0.1) is 16.8 Å². The number of anilines is 1. The first kappa shape index (κ1) is 15.9. The number of thiazole rings is 1. The molecular weight excluding hydrogens is 362 g/mol. The lowest BCUT2D eigenvalue weighted by Gasteiger charge is -2.50. The van der Waals surface area contributed by atoms with E-state index in [4.69, 9.17) is 10.5 Å². The minimum absolute atomic E-state index is 0.167. The molecule has 0 radical (unpaired) electrons. The van der Waals surface area contributed by atoms with Crippen LogP contribution in [0.1, 0.15) is 29.6 Å². The van der Waals surface area contributed by atoms with E-state index in [0.717, 1.165) is 47.9 Å². The van der Waals surface area contributed by atoms with Gasteiger partial charge in [0.1, 0.15) is 5.01 Å². The summed E-state index contributed by atoms with van der Waals surface area (Å²) >= 11 is 1.58. The van der Waals surface area contributed by atoms with Crippen LogP contribution in [0.2, 0.25) is 0 Å². The largest absolute Gasteiger partial charge is 0.454 e. The number of carbonyl (C=O) groups excluding carboxylic acids is 1. The van der Waals surface area contributed by atoms with Gasteiger partial charge in [-0.1, -0.05) is 0 Å². The summed E-state index contributed by atoms with van der Waals surface area (Å²) in [6.07, 6.45) is 5.12. The maximum absolute atomic E-state index is 12.2. The lowest BCUT2D eigenvalue weighted by atomic mass is 9.91. The van der Waals surface area contributed by atoms with E-state index in [1.807, 2.05) is 17.5 Å². The van der Waals surface area contributed by atoms with Gasteiger partial charge in [-0.2, -0.15) is 0 Å². The first-order valence-corrected chi connectivity index (χ1v) is 10.4. The number of piperazine rings is 1. The highest BCUT2D eigenvalue weighted by molar-refractivity contribution is 7.13. The van der Waals surface area contributed by atoms with E-state index < -0.39 is 5.91 Å². The molecule has 3 atom stereocenters. The third-order valence-corrected chi connectivity index (χ3v) is 6.79. The number of amides is 1. The Morgan fingerprint density at radius 3 is 2.70 bits per heavy atom. The highest BCUT2D eigenvalue weighted by Gasteiger charge is 2.49. The Balaban J connectivity index is 1.47. The number of rotatable bonds is 4. The molecule has 2 bridgehead atoms. The van der Waals surface area contributed by atoms with Crippen molar-refractivity contribution in [1.82, 2.24) is 15.2 Å². The second kappa shape index (κ2) is 5.67. The topological polar surface area (TPSA) is 83.7 Å². The van der Waals surface area contributed by atoms with Gasteiger partial charge < -0.3 is 20.7 Å². The van der Waals surface area contributed by atoms with Gasteiger partial charge >= 0.3 is 0 Å². The Hall–Kier alpha value is -2.16. The lowest BCUT2D eigenvalue weighted by molar-refractivity contribution is -0.0296. The maximum Gasteiger partial charge on any atom is 0.250 e. The van der Waals surface area contributed by atoms with Gasteiger partial charge in [-0.25, -0.2) is 9.88 Å². The molecule has 8 heteroatoms. The molecule has 1 aliphatic carbocycles. The van der Waals surface area contributed by atoms with Crippen LogP contribution in [0.4, 0.5) is 5.69 Å². The van der Waals surface area contributed by atoms with Gasteiger partial charge in [-0.3, -0.25) is 4.79 Å². The third kappa shape index (κ3) is 2.40. The molecule has 0 spiro atoms. The highest BCUT2D eigenvalue weighted by Crippen LogP contribution is 2.51. The van der Waals surface area contributed by atoms with Crippen LogP contribution in [0.15, 0.2) is 23.7 Å². The highest BCUT2D eigenvalue weighted by atomic mass is 32.1. The number of carbonyl (C=O) groups is 1. The van der Waals surface area contributed by atoms with Crippen LogP contribution in [0.25, 0.3) is 10.6 Å². The minimum Gasteiger partial charge on any atom is -0.454 e. The predicted molar refractivity (Wildman–Crippen MR) is 103 cm³/mol. The molecule has 1 amide bonds. The summed E-state index contributed by atoms with van der Waals surface area (Å²) in [6, 6.07) is 5.25. The Bertz CT molecular complexity index is 897. The number of hydrogen-bond donors (Lipinski definition) is 2. The number of nitrogens with two attached hydrogens (primary N) is 1. The van der Waals surface area contributed by atoms with E-state index in [0.29, 0.717) is 23.7 Å². The lowest BCUT2D eigenvalue weighted by Crippen LogP contribution is -2.70. The number of nitrogens with zero attached hydrogens (tertiary/aromatic N) is 3. The molecule has 1 aromatic heterocycles. The number of hydrogen-bond acceptors (Lipinski definition) is 7. The summed E-state index contributed by atoms with van der Waals surface area (Å²) in [7, 11) is 0. The van der Waals surface area contributed by atoms with Crippen LogP contribution in [-0.2, 0) is 0 Å². The summed E-state index contributed by atoms with van der Waals surface area (Å²) in [5.74, 6) is 0.348. The molecule has 27 heavy (non-hydrogen) atoms. The third-order valence-electron chi connectivity index (χ3n) is 5.98. The normalized spacial score (nSPS) is 29.2. The molecule has 5 aliphatic rings. The molecule has 5 heterocycles. The Labute approximate surface area is 161 Å². The van der Waals surface area contributed by atoms with Gasteiger partial charge in [0.25, 0.3) is 5.91 Å². The fraction of sp³-hybridized carbons (Fsp3) is 0.474. The Morgan fingerprint density at radius 1 is 1.30 bits per heavy atom. The number of piperidine rings is 1. The molecular formula is C19H21N5O2S. The van der Waals surface area contributed by atoms with E-state index >= 15 is 0 Å². The van der Waals surface area contributed by atoms with E-state index in [-0.39, 0.29) is 6.35 Å². The number of benzene rings is 1. The molecule has 1 saturated carbocycles. The van der Waals surface area contributed by atoms with E-state index in [1.54, 1.807) is 17.5 Å². The molecule has 7 nitrogen and oxygen atoms in total. The van der Waals surface area contributed by atoms with E-state index in [9.17, 15) is 4.79 Å². The number of nitrogens with one attached hydrogen (secondary N) is 1. The molecule has 2 aromatic rings. The van der Waals surface area contributed by atoms with Gasteiger partial charge in [-0.05, 0) is 31.4 Å². The first-order valence-electron chi connectivity index (χ1n) is 9.51. The van der Waals surface area contributed by atoms with Gasteiger partial charge in [0.15, 0.2) is 5.75 Å². The summed E-state index contributed by atoms with van der Waals surface area (Å²) in [4.78, 5) is 21.4. The number of fused-ring (bicyclic) bond motifs is 3. The van der Waals surface area contributed by atoms with E-state index in [2.05, 4.69) is 20.1 Å². The summed E-state index contributed by atoms with van der Waals surface area (Å²) in [5.41, 5.74) is 8.07. The monoisotopic (exact) mass is 383 g/mol. The van der Waals surface area contributed by atoms with E-state index in [1.165, 1.54) is 6.42 Å². The fourth-order valence-corrected chi connectivity index (χ4v) is 5.30. The van der Waals surface area contributed by atoms with Crippen molar-refractivity contribution in [3.63, 3.8) is 0 Å². The standard InChI is InChI=1S/C19H21N5O2S/c20-17(25)13-3-4-14(18-21-5-6-27-18)16-15(13)24(12-1-2-12)19(26-16)23-8-10-7-11(9-23)22-10/h3-6,10-12,19,22H,1-2,7-9H2,(H2,20,25). The zero-order valence-electron chi connectivity index (χ0n) is 14.8. The molecule has 3 saturated heterocycles. The second-order valence-corrected chi connectivity index (χ2v) is 8.77. The average Bonchev–Trinajstić information content (AvgIpc) is 3.18. The van der Waals surface area contributed by atoms with Crippen molar-refractivity contribution in [3.8, 4) is 16.3 Å². The second-order valence-electron chi connectivity index (χ2n) is 7.87.